The minimum Gasteiger partial charge on any atom is -0.503 e. The van der Waals surface area contributed by atoms with Crippen LogP contribution in [-0.2, 0) is 6.18 Å². The molecule has 0 bridgehead atoms. The molecule has 3 aromatic rings. The predicted molar refractivity (Wildman–Crippen MR) is 111 cm³/mol. The van der Waals surface area contributed by atoms with Crippen molar-refractivity contribution in [1.82, 2.24) is 21.2 Å². The maximum atomic E-state index is 13.4. The van der Waals surface area contributed by atoms with E-state index in [1.165, 1.54) is 6.07 Å². The molecule has 4 rings (SSSR count). The van der Waals surface area contributed by atoms with Gasteiger partial charge in [-0.2, -0.15) is 18.3 Å². The highest BCUT2D eigenvalue weighted by Crippen LogP contribution is 2.34. The first-order valence-electron chi connectivity index (χ1n) is 10.1. The van der Waals surface area contributed by atoms with Crippen molar-refractivity contribution in [3.63, 3.8) is 0 Å². The van der Waals surface area contributed by atoms with Crippen molar-refractivity contribution < 1.29 is 31.9 Å². The highest BCUT2D eigenvalue weighted by Gasteiger charge is 2.31. The summed E-state index contributed by atoms with van der Waals surface area (Å²) >= 11 is 0. The molecule has 0 saturated heterocycles. The number of amides is 1. The van der Waals surface area contributed by atoms with Gasteiger partial charge in [-0.1, -0.05) is 6.07 Å². The van der Waals surface area contributed by atoms with Gasteiger partial charge in [0.25, 0.3) is 5.91 Å². The Morgan fingerprint density at radius 1 is 1.09 bits per heavy atom. The van der Waals surface area contributed by atoms with E-state index in [-0.39, 0.29) is 23.7 Å². The maximum absolute atomic E-state index is 13.4. The summed E-state index contributed by atoms with van der Waals surface area (Å²) < 4.78 is 67.3. The Bertz CT molecular complexity index is 1130. The van der Waals surface area contributed by atoms with Crippen LogP contribution in [0, 0.1) is 17.6 Å². The summed E-state index contributed by atoms with van der Waals surface area (Å²) in [6, 6.07) is 5.09. The second kappa shape index (κ2) is 9.34. The number of benzene rings is 2. The number of nitrogens with one attached hydrogen (secondary N) is 1. The molecule has 1 aliphatic rings. The topological polar surface area (TPSA) is 102 Å². The van der Waals surface area contributed by atoms with Crippen LogP contribution in [0.25, 0.3) is 10.9 Å². The van der Waals surface area contributed by atoms with Gasteiger partial charge in [0.05, 0.1) is 17.1 Å². The number of hydrogen-bond acceptors (Lipinski definition) is 4. The van der Waals surface area contributed by atoms with E-state index in [0.29, 0.717) is 17.4 Å². The summed E-state index contributed by atoms with van der Waals surface area (Å²) in [4.78, 5) is 12.2. The minimum atomic E-state index is -4.42. The van der Waals surface area contributed by atoms with Crippen LogP contribution in [0.1, 0.15) is 47.6 Å². The minimum absolute atomic E-state index is 0. The average molecular weight is 470 g/mol. The Balaban J connectivity index is 0.00000306. The normalized spacial score (nSPS) is 18.7. The summed E-state index contributed by atoms with van der Waals surface area (Å²) in [5, 5.41) is 16.7. The van der Waals surface area contributed by atoms with E-state index in [1.54, 1.807) is 10.9 Å². The average Bonchev–Trinajstić information content (AvgIpc) is 3.18. The summed E-state index contributed by atoms with van der Waals surface area (Å²) in [6.07, 6.45) is 0.320. The van der Waals surface area contributed by atoms with Gasteiger partial charge in [0, 0.05) is 23.7 Å². The van der Waals surface area contributed by atoms with E-state index in [1.807, 2.05) is 0 Å². The van der Waals surface area contributed by atoms with Crippen LogP contribution in [-0.4, -0.2) is 27.3 Å². The molecule has 6 nitrogen and oxygen atoms in total. The van der Waals surface area contributed by atoms with Crippen LogP contribution in [0.3, 0.4) is 0 Å². The van der Waals surface area contributed by atoms with Crippen LogP contribution >= 0.6 is 0 Å². The highest BCUT2D eigenvalue weighted by atomic mass is 19.4. The number of aromatic hydroxyl groups is 1. The Morgan fingerprint density at radius 2 is 1.73 bits per heavy atom. The molecule has 0 radical (unpaired) electrons. The smallest absolute Gasteiger partial charge is 0.416 e. The number of rotatable bonds is 4. The van der Waals surface area contributed by atoms with E-state index in [0.717, 1.165) is 49.9 Å². The molecular weight excluding hydrogens is 447 g/mol. The molecule has 0 atom stereocenters. The lowest BCUT2D eigenvalue weighted by atomic mass is 9.86. The Labute approximate surface area is 186 Å². The largest absolute Gasteiger partial charge is 0.503 e. The number of fused-ring (bicyclic) bond motifs is 1. The summed E-state index contributed by atoms with van der Waals surface area (Å²) in [7, 11) is 0. The zero-order chi connectivity index (χ0) is 23.0. The monoisotopic (exact) mass is 470 g/mol. The van der Waals surface area contributed by atoms with Crippen molar-refractivity contribution in [2.75, 3.05) is 6.54 Å². The van der Waals surface area contributed by atoms with Gasteiger partial charge in [0.2, 0.25) is 0 Å². The highest BCUT2D eigenvalue weighted by molar-refractivity contribution is 5.94. The molecule has 11 heteroatoms. The molecule has 178 valence electrons. The fourth-order valence-electron chi connectivity index (χ4n) is 4.05. The number of carbonyl (C=O) groups excluding carboxylic acids is 1. The molecule has 1 aliphatic carbocycles. The first-order chi connectivity index (χ1) is 15.1. The third-order valence-electron chi connectivity index (χ3n) is 5.87. The van der Waals surface area contributed by atoms with E-state index < -0.39 is 35.0 Å². The van der Waals surface area contributed by atoms with Gasteiger partial charge < -0.3 is 16.6 Å². The fourth-order valence-corrected chi connectivity index (χ4v) is 4.05. The molecule has 1 aromatic heterocycles. The third kappa shape index (κ3) is 5.24. The lowest BCUT2D eigenvalue weighted by Gasteiger charge is -2.28. The molecule has 1 heterocycles. The van der Waals surface area contributed by atoms with Crippen molar-refractivity contribution >= 4 is 16.8 Å². The number of alkyl halides is 3. The van der Waals surface area contributed by atoms with Crippen molar-refractivity contribution in [1.29, 1.82) is 0 Å². The first-order valence-corrected chi connectivity index (χ1v) is 10.1. The Kier molecular flexibility index (Phi) is 6.92. The second-order valence-corrected chi connectivity index (χ2v) is 8.05. The van der Waals surface area contributed by atoms with Gasteiger partial charge in [0.15, 0.2) is 17.4 Å². The number of halogens is 5. The fraction of sp³-hybridized carbons (Fsp3) is 0.364. The molecule has 1 fully saturated rings. The maximum Gasteiger partial charge on any atom is 0.416 e. The van der Waals surface area contributed by atoms with Crippen LogP contribution < -0.4 is 11.5 Å². The number of hydrogen-bond donors (Lipinski definition) is 3. The van der Waals surface area contributed by atoms with Gasteiger partial charge in [-0.25, -0.2) is 8.78 Å². The number of nitrogens with zero attached hydrogens (tertiary/aromatic N) is 2. The van der Waals surface area contributed by atoms with Crippen molar-refractivity contribution in [2.24, 2.45) is 5.92 Å². The van der Waals surface area contributed by atoms with E-state index in [4.69, 9.17) is 5.11 Å². The van der Waals surface area contributed by atoms with Gasteiger partial charge >= 0.3 is 6.18 Å². The van der Waals surface area contributed by atoms with Gasteiger partial charge in [-0.05, 0) is 55.9 Å². The molecule has 33 heavy (non-hydrogen) atoms. The molecule has 0 spiro atoms. The van der Waals surface area contributed by atoms with Gasteiger partial charge in [-0.15, -0.1) is 0 Å². The van der Waals surface area contributed by atoms with Gasteiger partial charge in [0.1, 0.15) is 0 Å². The third-order valence-corrected chi connectivity index (χ3v) is 5.87. The van der Waals surface area contributed by atoms with E-state index in [9.17, 15) is 26.7 Å². The number of phenolic OH excluding ortho intramolecular Hbond substituents is 1. The summed E-state index contributed by atoms with van der Waals surface area (Å²) in [6.45, 7) is 0.325. The Hall–Kier alpha value is -3.21. The van der Waals surface area contributed by atoms with Crippen LogP contribution in [0.4, 0.5) is 22.0 Å². The first kappa shape index (κ1) is 24.4. The quantitative estimate of drug-likeness (QED) is 0.447. The lowest BCUT2D eigenvalue weighted by molar-refractivity contribution is -0.137. The Morgan fingerprint density at radius 3 is 2.33 bits per heavy atom. The zero-order valence-corrected chi connectivity index (χ0v) is 17.5. The molecule has 1 amide bonds. The second-order valence-electron chi connectivity index (χ2n) is 8.05. The van der Waals surface area contributed by atoms with Crippen LogP contribution in [0.5, 0.6) is 5.75 Å². The van der Waals surface area contributed by atoms with Crippen molar-refractivity contribution in [2.45, 2.75) is 37.9 Å². The lowest BCUT2D eigenvalue weighted by Crippen LogP contribution is -2.31. The molecule has 2 aromatic carbocycles. The number of aromatic nitrogens is 2. The predicted octanol–water partition coefficient (Wildman–Crippen LogP) is 5.36. The SMILES string of the molecule is N.O=C(NCC1CCC(n2cc3ccc(C(F)(F)F)cc3n2)CC1)c1cc(F)c(O)c(F)c1. The number of phenols is 1. The standard InChI is InChI=1S/C22H20F5N3O2.H3N/c23-17-7-14(8-18(24)20(17)31)21(32)28-10-12-1-5-16(6-2-12)30-11-13-3-4-15(22(25,26)27)9-19(13)29-30;/h3-4,7-9,11-12,16,31H,1-2,5-6,10H2,(H,28,32);1H3. The molecule has 0 unspecified atom stereocenters. The summed E-state index contributed by atoms with van der Waals surface area (Å²) in [5.41, 5.74) is -0.654. The molecule has 0 aliphatic heterocycles. The van der Waals surface area contributed by atoms with Crippen molar-refractivity contribution in [3.05, 3.63) is 59.3 Å². The molecule has 5 N–H and O–H groups in total. The van der Waals surface area contributed by atoms with E-state index in [2.05, 4.69) is 10.4 Å². The summed E-state index contributed by atoms with van der Waals surface area (Å²) in [5.74, 6) is -4.01. The zero-order valence-electron chi connectivity index (χ0n) is 17.5. The molecule has 1 saturated carbocycles. The van der Waals surface area contributed by atoms with Crippen molar-refractivity contribution in [3.8, 4) is 5.75 Å². The molecular formula is C22H23F5N4O2. The van der Waals surface area contributed by atoms with Crippen LogP contribution in [0.15, 0.2) is 36.5 Å². The van der Waals surface area contributed by atoms with Crippen LogP contribution in [0.2, 0.25) is 0 Å². The number of carbonyl (C=O) groups is 1. The van der Waals surface area contributed by atoms with E-state index >= 15 is 0 Å². The van der Waals surface area contributed by atoms with Gasteiger partial charge in [-0.3, -0.25) is 9.48 Å².